The van der Waals surface area contributed by atoms with Crippen LogP contribution >= 0.6 is 11.3 Å². The second-order valence-corrected chi connectivity index (χ2v) is 7.58. The molecule has 5 aromatic rings. The van der Waals surface area contributed by atoms with Crippen molar-refractivity contribution >= 4 is 53.3 Å². The van der Waals surface area contributed by atoms with Gasteiger partial charge in [-0.15, -0.1) is 11.3 Å². The zero-order valence-electron chi connectivity index (χ0n) is 14.0. The van der Waals surface area contributed by atoms with E-state index in [1.54, 1.807) is 0 Å². The molecule has 0 atom stereocenters. The first-order valence-electron chi connectivity index (χ1n) is 8.60. The average Bonchev–Trinajstić information content (AvgIpc) is 3.13. The van der Waals surface area contributed by atoms with Crippen LogP contribution in [0.1, 0.15) is 18.9 Å². The molecule has 0 amide bonds. The number of aryl methyl sites for hydroxylation is 2. The fraction of sp³-hybridized carbons (Fsp3) is 0.182. The van der Waals surface area contributed by atoms with Crippen molar-refractivity contribution in [1.29, 1.82) is 0 Å². The second-order valence-electron chi connectivity index (χ2n) is 6.56. The maximum atomic E-state index is 2.36. The monoisotopic (exact) mass is 329 g/mol. The third-order valence-electron chi connectivity index (χ3n) is 5.13. The molecule has 0 saturated carbocycles. The van der Waals surface area contributed by atoms with Gasteiger partial charge in [0, 0.05) is 38.8 Å². The van der Waals surface area contributed by atoms with Crippen molar-refractivity contribution in [3.05, 3.63) is 60.2 Å². The highest BCUT2D eigenvalue weighted by atomic mass is 32.1. The summed E-state index contributed by atoms with van der Waals surface area (Å²) in [6.07, 6.45) is 2.35. The van der Waals surface area contributed by atoms with E-state index in [2.05, 4.69) is 73.1 Å². The van der Waals surface area contributed by atoms with E-state index in [0.717, 1.165) is 6.42 Å². The maximum Gasteiger partial charge on any atom is 0.0670 e. The third-order valence-corrected chi connectivity index (χ3v) is 6.44. The molecule has 0 saturated heterocycles. The van der Waals surface area contributed by atoms with Gasteiger partial charge in [-0.2, -0.15) is 0 Å². The summed E-state index contributed by atoms with van der Waals surface area (Å²) in [4.78, 5) is 0. The van der Waals surface area contributed by atoms with Crippen LogP contribution in [0.4, 0.5) is 0 Å². The Morgan fingerprint density at radius 2 is 1.54 bits per heavy atom. The molecular weight excluding hydrogens is 310 g/mol. The van der Waals surface area contributed by atoms with Crippen molar-refractivity contribution in [2.24, 2.45) is 7.05 Å². The highest BCUT2D eigenvalue weighted by Gasteiger charge is 2.15. The molecule has 0 unspecified atom stereocenters. The molecule has 5 rings (SSSR count). The molecule has 118 valence electrons. The fourth-order valence-corrected chi connectivity index (χ4v) is 5.46. The number of rotatable bonds is 2. The highest BCUT2D eigenvalue weighted by Crippen LogP contribution is 2.42. The molecular formula is C22H19NS. The lowest BCUT2D eigenvalue weighted by atomic mass is 10.0. The number of nitrogens with zero attached hydrogens (tertiary/aromatic N) is 1. The van der Waals surface area contributed by atoms with Crippen molar-refractivity contribution in [3.8, 4) is 0 Å². The third kappa shape index (κ3) is 1.75. The summed E-state index contributed by atoms with van der Waals surface area (Å²) >= 11 is 1.97. The normalized spacial score (nSPS) is 12.1. The van der Waals surface area contributed by atoms with Crippen LogP contribution in [0.3, 0.4) is 0 Å². The molecule has 1 nitrogen and oxygen atoms in total. The first-order chi connectivity index (χ1) is 11.8. The van der Waals surface area contributed by atoms with Gasteiger partial charge in [-0.1, -0.05) is 61.9 Å². The zero-order chi connectivity index (χ0) is 16.3. The van der Waals surface area contributed by atoms with Crippen LogP contribution in [-0.2, 0) is 13.5 Å². The van der Waals surface area contributed by atoms with E-state index in [0.29, 0.717) is 0 Å². The summed E-state index contributed by atoms with van der Waals surface area (Å²) in [6, 6.07) is 20.1. The summed E-state index contributed by atoms with van der Waals surface area (Å²) in [5.41, 5.74) is 4.17. The van der Waals surface area contributed by atoms with Gasteiger partial charge in [0.05, 0.1) is 10.2 Å². The van der Waals surface area contributed by atoms with Gasteiger partial charge < -0.3 is 4.57 Å². The Morgan fingerprint density at radius 1 is 0.792 bits per heavy atom. The Balaban J connectivity index is 2.01. The number of thiophene rings is 1. The summed E-state index contributed by atoms with van der Waals surface area (Å²) in [7, 11) is 2.20. The second kappa shape index (κ2) is 5.09. The summed E-state index contributed by atoms with van der Waals surface area (Å²) in [5, 5.41) is 5.52. The molecule has 3 aromatic carbocycles. The quantitative estimate of drug-likeness (QED) is 0.341. The lowest BCUT2D eigenvalue weighted by Crippen LogP contribution is -1.85. The molecule has 0 spiro atoms. The lowest BCUT2D eigenvalue weighted by Gasteiger charge is -2.00. The molecule has 2 heteroatoms. The molecule has 0 aliphatic heterocycles. The molecule has 0 radical (unpaired) electrons. The molecule has 0 N–H and O–H groups in total. The van der Waals surface area contributed by atoms with E-state index in [1.165, 1.54) is 54.0 Å². The van der Waals surface area contributed by atoms with Gasteiger partial charge in [0.1, 0.15) is 0 Å². The van der Waals surface area contributed by atoms with Crippen LogP contribution in [0.15, 0.2) is 54.6 Å². The van der Waals surface area contributed by atoms with E-state index < -0.39 is 0 Å². The number of hydrogen-bond acceptors (Lipinski definition) is 1. The Hall–Kier alpha value is -2.32. The van der Waals surface area contributed by atoms with Gasteiger partial charge in [0.2, 0.25) is 0 Å². The summed E-state index contributed by atoms with van der Waals surface area (Å²) in [6.45, 7) is 2.26. The van der Waals surface area contributed by atoms with E-state index >= 15 is 0 Å². The van der Waals surface area contributed by atoms with Gasteiger partial charge in [-0.05, 0) is 18.1 Å². The molecule has 2 aromatic heterocycles. The minimum absolute atomic E-state index is 1.16. The Morgan fingerprint density at radius 3 is 2.42 bits per heavy atom. The Labute approximate surface area is 145 Å². The minimum Gasteiger partial charge on any atom is -0.342 e. The molecule has 2 heterocycles. The zero-order valence-corrected chi connectivity index (χ0v) is 14.8. The van der Waals surface area contributed by atoms with Crippen LogP contribution in [0.5, 0.6) is 0 Å². The summed E-state index contributed by atoms with van der Waals surface area (Å²) < 4.78 is 5.25. The van der Waals surface area contributed by atoms with Gasteiger partial charge in [0.15, 0.2) is 0 Å². The maximum absolute atomic E-state index is 2.36. The predicted molar refractivity (Wildman–Crippen MR) is 107 cm³/mol. The largest absolute Gasteiger partial charge is 0.342 e. The van der Waals surface area contributed by atoms with E-state index in [1.807, 2.05) is 11.3 Å². The number of fused-ring (bicyclic) bond motifs is 7. The van der Waals surface area contributed by atoms with Crippen molar-refractivity contribution < 1.29 is 0 Å². The van der Waals surface area contributed by atoms with Crippen molar-refractivity contribution in [3.63, 3.8) is 0 Å². The minimum atomic E-state index is 1.16. The van der Waals surface area contributed by atoms with Crippen LogP contribution in [0, 0.1) is 0 Å². The van der Waals surface area contributed by atoms with Gasteiger partial charge >= 0.3 is 0 Å². The first-order valence-corrected chi connectivity index (χ1v) is 9.41. The van der Waals surface area contributed by atoms with Crippen LogP contribution < -0.4 is 0 Å². The van der Waals surface area contributed by atoms with Crippen LogP contribution in [-0.4, -0.2) is 4.57 Å². The van der Waals surface area contributed by atoms with Gasteiger partial charge in [-0.3, -0.25) is 0 Å². The molecule has 24 heavy (non-hydrogen) atoms. The Kier molecular flexibility index (Phi) is 2.98. The number of aromatic nitrogens is 1. The lowest BCUT2D eigenvalue weighted by molar-refractivity contribution is 0.931. The van der Waals surface area contributed by atoms with E-state index in [-0.39, 0.29) is 0 Å². The number of para-hydroxylation sites is 1. The van der Waals surface area contributed by atoms with E-state index in [9.17, 15) is 0 Å². The fourth-order valence-electron chi connectivity index (χ4n) is 4.04. The smallest absolute Gasteiger partial charge is 0.0670 e. The molecule has 0 bridgehead atoms. The molecule has 0 aliphatic rings. The molecule has 0 fully saturated rings. The van der Waals surface area contributed by atoms with Crippen molar-refractivity contribution in [2.75, 3.05) is 0 Å². The van der Waals surface area contributed by atoms with Crippen LogP contribution in [0.2, 0.25) is 0 Å². The Bertz CT molecular complexity index is 1220. The average molecular weight is 329 g/mol. The SMILES string of the molecule is CCCc1cccc2c1sc1c2ccc2c3ccccc3n(C)c21. The highest BCUT2D eigenvalue weighted by molar-refractivity contribution is 7.26. The molecule has 0 aliphatic carbocycles. The first kappa shape index (κ1) is 14.1. The number of hydrogen-bond donors (Lipinski definition) is 0. The van der Waals surface area contributed by atoms with Crippen molar-refractivity contribution in [2.45, 2.75) is 19.8 Å². The predicted octanol–water partition coefficient (Wildman–Crippen LogP) is 6.65. The number of benzene rings is 3. The van der Waals surface area contributed by atoms with Crippen LogP contribution in [0.25, 0.3) is 42.0 Å². The topological polar surface area (TPSA) is 4.93 Å². The standard InChI is InChI=1S/C22H19NS/c1-3-7-14-8-6-10-17-18-13-12-16-15-9-4-5-11-19(15)23(2)20(16)22(18)24-21(14)17/h4-6,8-13H,3,7H2,1-2H3. The van der Waals surface area contributed by atoms with Gasteiger partial charge in [-0.25, -0.2) is 0 Å². The van der Waals surface area contributed by atoms with E-state index in [4.69, 9.17) is 0 Å². The van der Waals surface area contributed by atoms with Crippen molar-refractivity contribution in [1.82, 2.24) is 4.57 Å². The summed E-state index contributed by atoms with van der Waals surface area (Å²) in [5.74, 6) is 0. The van der Waals surface area contributed by atoms with Gasteiger partial charge in [0.25, 0.3) is 0 Å².